The molecule has 0 unspecified atom stereocenters. The van der Waals surface area contributed by atoms with E-state index in [1.807, 2.05) is 0 Å². The predicted molar refractivity (Wildman–Crippen MR) is 134 cm³/mol. The quantitative estimate of drug-likeness (QED) is 0.369. The highest BCUT2D eigenvalue weighted by atomic mass is 16.3. The molecule has 0 aliphatic heterocycles. The Kier molecular flexibility index (Phi) is 8.17. The van der Waals surface area contributed by atoms with Crippen LogP contribution >= 0.6 is 0 Å². The molecule has 3 amide bonds. The summed E-state index contributed by atoms with van der Waals surface area (Å²) in [6.45, 7) is 0.328. The summed E-state index contributed by atoms with van der Waals surface area (Å²) in [5, 5.41) is 11.7. The Morgan fingerprint density at radius 2 is 1.63 bits per heavy atom. The molecule has 1 aromatic heterocycles. The molecule has 4 rings (SSSR count). The first-order valence-corrected chi connectivity index (χ1v) is 11.9. The molecular formula is C27H30N4O4. The van der Waals surface area contributed by atoms with Gasteiger partial charge in [-0.05, 0) is 67.4 Å². The number of hydrogen-bond acceptors (Lipinski definition) is 5. The van der Waals surface area contributed by atoms with Crippen molar-refractivity contribution in [3.8, 4) is 0 Å². The third-order valence-corrected chi connectivity index (χ3v) is 5.95. The van der Waals surface area contributed by atoms with E-state index in [2.05, 4.69) is 21.3 Å². The van der Waals surface area contributed by atoms with Gasteiger partial charge in [-0.1, -0.05) is 25.3 Å². The number of carbonyl (C=O) groups is 3. The molecule has 0 spiro atoms. The third-order valence-electron chi connectivity index (χ3n) is 5.95. The Morgan fingerprint density at radius 1 is 0.829 bits per heavy atom. The van der Waals surface area contributed by atoms with Crippen LogP contribution in [0.15, 0.2) is 71.3 Å². The smallest absolute Gasteiger partial charge is 0.251 e. The van der Waals surface area contributed by atoms with Gasteiger partial charge in [0.05, 0.1) is 19.4 Å². The van der Waals surface area contributed by atoms with Crippen LogP contribution in [0, 0.1) is 0 Å². The lowest BCUT2D eigenvalue weighted by atomic mass is 9.95. The van der Waals surface area contributed by atoms with Crippen molar-refractivity contribution in [2.45, 2.75) is 44.7 Å². The SMILES string of the molecule is O=C(CNc1cccc(C(=O)NCc2ccco2)c1)Nc1ccc(C(=O)NC2CCCCC2)cc1. The zero-order valence-electron chi connectivity index (χ0n) is 19.5. The third kappa shape index (κ3) is 7.20. The summed E-state index contributed by atoms with van der Waals surface area (Å²) in [6.07, 6.45) is 7.18. The van der Waals surface area contributed by atoms with Gasteiger partial charge in [-0.15, -0.1) is 0 Å². The lowest BCUT2D eigenvalue weighted by molar-refractivity contribution is -0.114. The van der Waals surface area contributed by atoms with E-state index < -0.39 is 0 Å². The Morgan fingerprint density at radius 3 is 2.37 bits per heavy atom. The fourth-order valence-corrected chi connectivity index (χ4v) is 4.06. The molecule has 1 aliphatic rings. The average Bonchev–Trinajstić information content (AvgIpc) is 3.41. The van der Waals surface area contributed by atoms with Crippen LogP contribution < -0.4 is 21.3 Å². The zero-order valence-corrected chi connectivity index (χ0v) is 19.5. The molecule has 0 bridgehead atoms. The van der Waals surface area contributed by atoms with Crippen LogP contribution in [0.5, 0.6) is 0 Å². The number of hydrogen-bond donors (Lipinski definition) is 4. The molecule has 4 N–H and O–H groups in total. The van der Waals surface area contributed by atoms with E-state index in [1.165, 1.54) is 6.42 Å². The highest BCUT2D eigenvalue weighted by molar-refractivity contribution is 5.97. The van der Waals surface area contributed by atoms with Gasteiger partial charge in [-0.25, -0.2) is 0 Å². The maximum atomic E-state index is 12.4. The van der Waals surface area contributed by atoms with Gasteiger partial charge >= 0.3 is 0 Å². The van der Waals surface area contributed by atoms with Crippen LogP contribution in [-0.2, 0) is 11.3 Å². The van der Waals surface area contributed by atoms with E-state index in [1.54, 1.807) is 66.9 Å². The van der Waals surface area contributed by atoms with Crippen molar-refractivity contribution in [2.75, 3.05) is 17.2 Å². The van der Waals surface area contributed by atoms with Gasteiger partial charge in [-0.2, -0.15) is 0 Å². The molecule has 0 saturated heterocycles. The van der Waals surface area contributed by atoms with E-state index in [0.29, 0.717) is 34.8 Å². The number of amides is 3. The summed E-state index contributed by atoms with van der Waals surface area (Å²) >= 11 is 0. The molecular weight excluding hydrogens is 444 g/mol. The van der Waals surface area contributed by atoms with Crippen molar-refractivity contribution < 1.29 is 18.8 Å². The Labute approximate surface area is 204 Å². The second-order valence-corrected chi connectivity index (χ2v) is 8.63. The summed E-state index contributed by atoms with van der Waals surface area (Å²) in [7, 11) is 0. The molecule has 1 aliphatic carbocycles. The van der Waals surface area contributed by atoms with Gasteiger partial charge in [-0.3, -0.25) is 14.4 Å². The molecule has 182 valence electrons. The van der Waals surface area contributed by atoms with Gasteiger partial charge in [0.15, 0.2) is 0 Å². The molecule has 1 saturated carbocycles. The van der Waals surface area contributed by atoms with E-state index >= 15 is 0 Å². The van der Waals surface area contributed by atoms with Crippen LogP contribution in [0.3, 0.4) is 0 Å². The Hall–Kier alpha value is -4.07. The molecule has 0 radical (unpaired) electrons. The number of furan rings is 1. The van der Waals surface area contributed by atoms with Gasteiger partial charge in [0, 0.05) is 28.5 Å². The summed E-state index contributed by atoms with van der Waals surface area (Å²) in [6, 6.07) is 17.6. The monoisotopic (exact) mass is 474 g/mol. The van der Waals surface area contributed by atoms with Crippen LogP contribution in [0.25, 0.3) is 0 Å². The molecule has 8 heteroatoms. The average molecular weight is 475 g/mol. The molecule has 2 aromatic carbocycles. The number of benzene rings is 2. The van der Waals surface area contributed by atoms with Gasteiger partial charge in [0.2, 0.25) is 5.91 Å². The highest BCUT2D eigenvalue weighted by Crippen LogP contribution is 2.18. The standard InChI is InChI=1S/C27H30N4O4/c32-25(30-22-13-11-19(12-14-22)27(34)31-21-7-2-1-3-8-21)18-28-23-9-4-6-20(16-23)26(33)29-17-24-10-5-15-35-24/h4-6,9-16,21,28H,1-3,7-8,17-18H2,(H,29,33)(H,30,32)(H,31,34). The predicted octanol–water partition coefficient (Wildman–Crippen LogP) is 4.32. The summed E-state index contributed by atoms with van der Waals surface area (Å²) < 4.78 is 5.21. The van der Waals surface area contributed by atoms with E-state index in [4.69, 9.17) is 4.42 Å². The topological polar surface area (TPSA) is 112 Å². The lowest BCUT2D eigenvalue weighted by Gasteiger charge is -2.22. The van der Waals surface area contributed by atoms with Crippen LogP contribution in [-0.4, -0.2) is 30.3 Å². The molecule has 1 heterocycles. The molecule has 1 fully saturated rings. The minimum Gasteiger partial charge on any atom is -0.467 e. The highest BCUT2D eigenvalue weighted by Gasteiger charge is 2.16. The van der Waals surface area contributed by atoms with Crippen molar-refractivity contribution in [1.29, 1.82) is 0 Å². The minimum atomic E-state index is -0.239. The molecule has 3 aromatic rings. The summed E-state index contributed by atoms with van der Waals surface area (Å²) in [5.41, 5.74) is 2.32. The van der Waals surface area contributed by atoms with Crippen molar-refractivity contribution in [3.05, 3.63) is 83.8 Å². The maximum absolute atomic E-state index is 12.4. The Bertz CT molecular complexity index is 1140. The largest absolute Gasteiger partial charge is 0.467 e. The first kappa shape index (κ1) is 24.1. The number of anilines is 2. The van der Waals surface area contributed by atoms with E-state index in [-0.39, 0.29) is 30.3 Å². The van der Waals surface area contributed by atoms with Crippen molar-refractivity contribution in [1.82, 2.24) is 10.6 Å². The first-order valence-electron chi connectivity index (χ1n) is 11.9. The summed E-state index contributed by atoms with van der Waals surface area (Å²) in [4.78, 5) is 37.2. The first-order chi connectivity index (χ1) is 17.1. The number of carbonyl (C=O) groups excluding carboxylic acids is 3. The zero-order chi connectivity index (χ0) is 24.5. The van der Waals surface area contributed by atoms with Crippen molar-refractivity contribution >= 4 is 29.1 Å². The normalized spacial score (nSPS) is 13.6. The van der Waals surface area contributed by atoms with Crippen molar-refractivity contribution in [2.24, 2.45) is 0 Å². The second kappa shape index (κ2) is 11.9. The molecule has 8 nitrogen and oxygen atoms in total. The molecule has 35 heavy (non-hydrogen) atoms. The second-order valence-electron chi connectivity index (χ2n) is 8.63. The fourth-order valence-electron chi connectivity index (χ4n) is 4.06. The van der Waals surface area contributed by atoms with Gasteiger partial charge in [0.25, 0.3) is 11.8 Å². The van der Waals surface area contributed by atoms with Crippen molar-refractivity contribution in [3.63, 3.8) is 0 Å². The van der Waals surface area contributed by atoms with Crippen LogP contribution in [0.4, 0.5) is 11.4 Å². The minimum absolute atomic E-state index is 0.0292. The van der Waals surface area contributed by atoms with Gasteiger partial charge < -0.3 is 25.7 Å². The van der Waals surface area contributed by atoms with Crippen LogP contribution in [0.2, 0.25) is 0 Å². The van der Waals surface area contributed by atoms with Crippen LogP contribution in [0.1, 0.15) is 58.6 Å². The van der Waals surface area contributed by atoms with E-state index in [9.17, 15) is 14.4 Å². The maximum Gasteiger partial charge on any atom is 0.251 e. The summed E-state index contributed by atoms with van der Waals surface area (Å²) in [5.74, 6) is 0.117. The molecule has 0 atom stereocenters. The van der Waals surface area contributed by atoms with E-state index in [0.717, 1.165) is 25.7 Å². The lowest BCUT2D eigenvalue weighted by Crippen LogP contribution is -2.36. The fraction of sp³-hybridized carbons (Fsp3) is 0.296. The van der Waals surface area contributed by atoms with Gasteiger partial charge in [0.1, 0.15) is 5.76 Å². The number of rotatable bonds is 9. The Balaban J connectivity index is 1.23. The number of nitrogens with one attached hydrogen (secondary N) is 4.